The standard InChI is InChI=1S/C22H29FO5.C19H25BN4O4.C19H28Cl2N4O2/c1-12-8-16-15-5-4-13-9-14(25)6-7-19(13,2)21(15,23)17(26)10-20(16,3)22(12,28)18(27)11-24;1-13(2)10-17(20(27)28)24-18(25)15(11-14-6-4-3-5-7-14)23-19(26)16-12-21-8-9-22-16;1-24-17-9-8-15(25(12-10-20)13-11-21)14-16(17)22-18(24)6-4-2-3-5-7-19(26)23-27/h6-7,9,12,15-17,24,26,28H,4-5,8,10-11H2,1-3H3;3-9,12-13,15,17,27-28H,10-11H2,1-2H3,(H,23,26)(H,24,25);8-9,14,27H,2-7,10-13H2,1H3,(H,23,26)/t12-,15+,16+,17+,19+,20+,21+,22+;15-,17-;/m10./s1. The second-order valence-electron chi connectivity index (χ2n) is 23.3. The number of nitrogens with zero attached hydrogens (tertiary/aromatic N) is 5. The van der Waals surface area contributed by atoms with Crippen LogP contribution in [-0.2, 0) is 39.1 Å². The third-order valence-corrected chi connectivity index (χ3v) is 18.0. The number of amides is 3. The number of aliphatic hydroxyl groups excluding tert-OH is 2. The van der Waals surface area contributed by atoms with Crippen LogP contribution in [0, 0.1) is 34.5 Å². The van der Waals surface area contributed by atoms with E-state index in [-0.39, 0.29) is 42.1 Å². The Bertz CT molecular complexity index is 2920. The Kier molecular flexibility index (Phi) is 23.6. The van der Waals surface area contributed by atoms with E-state index in [0.29, 0.717) is 49.4 Å². The van der Waals surface area contributed by atoms with Crippen LogP contribution in [0.25, 0.3) is 11.0 Å². The van der Waals surface area contributed by atoms with Gasteiger partial charge in [0.15, 0.2) is 17.2 Å². The Morgan fingerprint density at radius 1 is 0.976 bits per heavy atom. The maximum Gasteiger partial charge on any atom is 0.475 e. The molecule has 0 aliphatic heterocycles. The van der Waals surface area contributed by atoms with Crippen molar-refractivity contribution in [3.63, 3.8) is 0 Å². The van der Waals surface area contributed by atoms with E-state index in [0.717, 1.165) is 73.3 Å². The van der Waals surface area contributed by atoms with E-state index in [9.17, 15) is 49.3 Å². The molecule has 4 aromatic rings. The minimum atomic E-state index is -1.98. The molecular formula is C60H82BCl2FN8O11. The van der Waals surface area contributed by atoms with Gasteiger partial charge in [-0.3, -0.25) is 34.2 Å². The van der Waals surface area contributed by atoms with E-state index >= 15 is 4.39 Å². The van der Waals surface area contributed by atoms with Crippen molar-refractivity contribution in [2.45, 2.75) is 141 Å². The number of anilines is 1. The molecule has 4 aliphatic rings. The fraction of sp³-hybridized carbons (Fsp3) is 0.567. The second-order valence-corrected chi connectivity index (χ2v) is 24.0. The van der Waals surface area contributed by atoms with Gasteiger partial charge in [-0.2, -0.15) is 0 Å². The van der Waals surface area contributed by atoms with Crippen molar-refractivity contribution in [3.05, 3.63) is 108 Å². The van der Waals surface area contributed by atoms with Gasteiger partial charge in [0.25, 0.3) is 5.91 Å². The van der Waals surface area contributed by atoms with Crippen molar-refractivity contribution < 1.29 is 58.9 Å². The number of fused-ring (bicyclic) bond motifs is 6. The molecule has 19 nitrogen and oxygen atoms in total. The highest BCUT2D eigenvalue weighted by molar-refractivity contribution is 6.43. The van der Waals surface area contributed by atoms with Crippen molar-refractivity contribution in [1.82, 2.24) is 35.6 Å². The predicted octanol–water partition coefficient (Wildman–Crippen LogP) is 6.11. The fourth-order valence-corrected chi connectivity index (χ4v) is 13.6. The van der Waals surface area contributed by atoms with E-state index in [1.54, 1.807) is 32.3 Å². The molecule has 3 amide bonds. The van der Waals surface area contributed by atoms with E-state index in [1.807, 2.05) is 51.2 Å². The number of ketones is 2. The van der Waals surface area contributed by atoms with E-state index in [1.165, 1.54) is 30.7 Å². The van der Waals surface area contributed by atoms with Crippen LogP contribution in [0.15, 0.2) is 90.9 Å². The quantitative estimate of drug-likeness (QED) is 0.0133. The maximum atomic E-state index is 16.9. The van der Waals surface area contributed by atoms with Crippen molar-refractivity contribution >= 4 is 76.3 Å². The van der Waals surface area contributed by atoms with Crippen LogP contribution in [0.1, 0.15) is 121 Å². The minimum Gasteiger partial charge on any atom is -0.426 e. The zero-order chi connectivity index (χ0) is 60.9. The molecule has 83 heavy (non-hydrogen) atoms. The zero-order valence-corrected chi connectivity index (χ0v) is 49.8. The number of hydrogen-bond donors (Lipinski definition) is 9. The lowest BCUT2D eigenvalue weighted by Gasteiger charge is -2.62. The molecule has 9 N–H and O–H groups in total. The SMILES string of the molecule is CC(C)C[C@H](NC(=O)[C@H](Cc1ccccc1)NC(=O)c1cnccn1)B(O)O.C[C@@H]1C[C@H]2[C@@H]3CCC4=CC(=O)C=C[C@]4(C)[C@@]3(F)[C@@H](O)C[C@]2(C)[C@@]1(O)C(=O)CO.Cn1c(CCCCCCC(=O)NO)nc2cc(N(CCCl)CCCl)ccc21. The number of allylic oxidation sites excluding steroid dienone is 4. The highest BCUT2D eigenvalue weighted by atomic mass is 35.5. The summed E-state index contributed by atoms with van der Waals surface area (Å²) in [4.78, 5) is 75.4. The average Bonchev–Trinajstić information content (AvgIpc) is 1.81. The van der Waals surface area contributed by atoms with Crippen LogP contribution < -0.4 is 21.0 Å². The molecule has 0 radical (unpaired) electrons. The van der Waals surface area contributed by atoms with E-state index in [4.69, 9.17) is 33.4 Å². The number of hydroxylamine groups is 1. The number of Topliss-reactive ketones (excluding diaryl/α,β-unsaturated/α-hetero) is 1. The number of benzene rings is 2. The number of unbranched alkanes of at least 4 members (excludes halogenated alkanes) is 3. The first-order valence-corrected chi connectivity index (χ1v) is 29.7. The Labute approximate surface area is 495 Å². The molecule has 0 saturated heterocycles. The number of aromatic nitrogens is 4. The molecule has 23 heteroatoms. The van der Waals surface area contributed by atoms with Gasteiger partial charge in [-0.25, -0.2) is 19.8 Å². The first-order chi connectivity index (χ1) is 39.4. The molecule has 10 atom stereocenters. The fourth-order valence-electron chi connectivity index (χ4n) is 13.2. The topological polar surface area (TPSA) is 290 Å². The molecule has 2 heterocycles. The zero-order valence-electron chi connectivity index (χ0n) is 48.3. The van der Waals surface area contributed by atoms with Crippen LogP contribution in [0.2, 0.25) is 0 Å². The molecule has 452 valence electrons. The molecule has 3 fully saturated rings. The second kappa shape index (κ2) is 29.4. The number of nitrogens with one attached hydrogen (secondary N) is 3. The first-order valence-electron chi connectivity index (χ1n) is 28.6. The summed E-state index contributed by atoms with van der Waals surface area (Å²) in [7, 11) is 0.352. The molecular weight excluding hydrogens is 1110 g/mol. The average molecular weight is 1190 g/mol. The number of aliphatic hydroxyl groups is 3. The summed E-state index contributed by atoms with van der Waals surface area (Å²) in [5.41, 5.74) is 0.632. The van der Waals surface area contributed by atoms with Gasteiger partial charge >= 0.3 is 7.12 Å². The summed E-state index contributed by atoms with van der Waals surface area (Å²) >= 11 is 11.8. The molecule has 3 saturated carbocycles. The van der Waals surface area contributed by atoms with Crippen molar-refractivity contribution in [1.29, 1.82) is 0 Å². The van der Waals surface area contributed by atoms with Crippen molar-refractivity contribution in [2.24, 2.45) is 41.5 Å². The predicted molar refractivity (Wildman–Crippen MR) is 316 cm³/mol. The van der Waals surface area contributed by atoms with Gasteiger partial charge < -0.3 is 45.5 Å². The largest absolute Gasteiger partial charge is 0.475 e. The Morgan fingerprint density at radius 2 is 1.67 bits per heavy atom. The molecule has 4 aliphatic carbocycles. The van der Waals surface area contributed by atoms with E-state index < -0.39 is 83.3 Å². The third-order valence-electron chi connectivity index (χ3n) is 17.6. The Morgan fingerprint density at radius 3 is 2.30 bits per heavy atom. The lowest BCUT2D eigenvalue weighted by molar-refractivity contribution is -0.219. The summed E-state index contributed by atoms with van der Waals surface area (Å²) in [6, 6.07) is 14.6. The summed E-state index contributed by atoms with van der Waals surface area (Å²) in [6.07, 6.45) is 14.3. The van der Waals surface area contributed by atoms with Gasteiger partial charge in [-0.1, -0.05) is 82.5 Å². The number of hydrogen-bond acceptors (Lipinski definition) is 15. The first kappa shape index (κ1) is 66.5. The van der Waals surface area contributed by atoms with Crippen LogP contribution in [-0.4, -0.2) is 147 Å². The number of carbonyl (C=O) groups is 5. The molecule has 2 aromatic carbocycles. The summed E-state index contributed by atoms with van der Waals surface area (Å²) in [5, 5.41) is 64.9. The van der Waals surface area contributed by atoms with Gasteiger partial charge in [0.2, 0.25) is 11.8 Å². The third kappa shape index (κ3) is 14.9. The number of rotatable bonds is 23. The van der Waals surface area contributed by atoms with Gasteiger partial charge in [0, 0.05) is 86.0 Å². The minimum absolute atomic E-state index is 0.0676. The van der Waals surface area contributed by atoms with Gasteiger partial charge in [0.05, 0.1) is 29.3 Å². The molecule has 0 unspecified atom stereocenters. The lowest BCUT2D eigenvalue weighted by Crippen LogP contribution is -2.69. The maximum absolute atomic E-state index is 16.9. The van der Waals surface area contributed by atoms with Gasteiger partial charge in [-0.15, -0.1) is 23.2 Å². The molecule has 0 bridgehead atoms. The van der Waals surface area contributed by atoms with Gasteiger partial charge in [-0.05, 0) is 106 Å². The number of aryl methyl sites for hydroxylation is 2. The summed E-state index contributed by atoms with van der Waals surface area (Å²) in [6.45, 7) is 9.83. The summed E-state index contributed by atoms with van der Waals surface area (Å²) < 4.78 is 19.0. The molecule has 2 aromatic heterocycles. The van der Waals surface area contributed by atoms with Crippen LogP contribution in [0.5, 0.6) is 0 Å². The normalized spacial score (nSPS) is 25.7. The highest BCUT2D eigenvalue weighted by Gasteiger charge is 2.75. The molecule has 0 spiro atoms. The summed E-state index contributed by atoms with van der Waals surface area (Å²) in [5.74, 6) is -1.98. The number of carbonyl (C=O) groups excluding carboxylic acids is 5. The van der Waals surface area contributed by atoms with Crippen LogP contribution in [0.3, 0.4) is 0 Å². The smallest absolute Gasteiger partial charge is 0.426 e. The number of alkyl halides is 3. The van der Waals surface area contributed by atoms with Crippen LogP contribution >= 0.6 is 23.2 Å². The monoisotopic (exact) mass is 1190 g/mol. The van der Waals surface area contributed by atoms with Crippen molar-refractivity contribution in [3.8, 4) is 0 Å². The van der Waals surface area contributed by atoms with Crippen molar-refractivity contribution in [2.75, 3.05) is 36.4 Å². The highest BCUT2D eigenvalue weighted by Crippen LogP contribution is 2.70. The number of halogens is 3. The molecule has 8 rings (SSSR count). The number of imidazole rings is 1. The Hall–Kier alpha value is -5.65. The van der Waals surface area contributed by atoms with Crippen LogP contribution in [0.4, 0.5) is 10.1 Å². The van der Waals surface area contributed by atoms with Gasteiger partial charge in [0.1, 0.15) is 29.8 Å². The van der Waals surface area contributed by atoms with E-state index in [2.05, 4.69) is 48.3 Å². The Balaban J connectivity index is 0.000000200. The lowest BCUT2D eigenvalue weighted by atomic mass is 9.44.